The number of pyridine rings is 1. The van der Waals surface area contributed by atoms with Gasteiger partial charge < -0.3 is 20.4 Å². The molecule has 3 saturated carbocycles. The van der Waals surface area contributed by atoms with Crippen LogP contribution >= 0.6 is 0 Å². The van der Waals surface area contributed by atoms with E-state index in [1.54, 1.807) is 6.20 Å². The topological polar surface area (TPSA) is 159 Å². The van der Waals surface area contributed by atoms with Crippen LogP contribution in [-0.4, -0.2) is 86.7 Å². The maximum absolute atomic E-state index is 14.8. The molecule has 4 fully saturated rings. The van der Waals surface area contributed by atoms with E-state index in [4.69, 9.17) is 4.84 Å². The van der Waals surface area contributed by atoms with Gasteiger partial charge >= 0.3 is 0 Å². The fourth-order valence-electron chi connectivity index (χ4n) is 8.61. The molecule has 3 N–H and O–H groups in total. The van der Waals surface area contributed by atoms with E-state index < -0.39 is 52.2 Å². The summed E-state index contributed by atoms with van der Waals surface area (Å²) in [6.45, 7) is 7.63. The second kappa shape index (κ2) is 14.0. The van der Waals surface area contributed by atoms with Crippen molar-refractivity contribution in [2.24, 2.45) is 16.5 Å². The number of hydrogen-bond donors (Lipinski definition) is 3. The predicted octanol–water partition coefficient (Wildman–Crippen LogP) is 4.13. The Morgan fingerprint density at radius 2 is 1.69 bits per heavy atom. The van der Waals surface area contributed by atoms with E-state index in [-0.39, 0.29) is 36.7 Å². The van der Waals surface area contributed by atoms with Crippen LogP contribution in [0.15, 0.2) is 41.7 Å². The van der Waals surface area contributed by atoms with Gasteiger partial charge in [0.05, 0.1) is 23.8 Å². The van der Waals surface area contributed by atoms with Gasteiger partial charge in [-0.3, -0.25) is 34.3 Å². The number of ketones is 2. The number of oxime groups is 1. The van der Waals surface area contributed by atoms with Crippen LogP contribution in [0.3, 0.4) is 0 Å². The lowest BCUT2D eigenvalue weighted by Crippen LogP contribution is -2.60. The second-order valence-corrected chi connectivity index (χ2v) is 16.8. The molecule has 1 aromatic heterocycles. The molecule has 12 nitrogen and oxygen atoms in total. The number of fused-ring (bicyclic) bond motifs is 1. The number of carbonyl (C=O) groups excluding carboxylic acids is 5. The summed E-state index contributed by atoms with van der Waals surface area (Å²) in [5, 5.41) is 14.8. The summed E-state index contributed by atoms with van der Waals surface area (Å²) in [6.07, 6.45) is 11.3. The molecule has 3 aliphatic carbocycles. The average Bonchev–Trinajstić information content (AvgIpc) is 3.96. The zero-order valence-electron chi connectivity index (χ0n) is 30.8. The molecule has 5 aliphatic rings. The Kier molecular flexibility index (Phi) is 9.73. The van der Waals surface area contributed by atoms with E-state index in [0.717, 1.165) is 55.0 Å². The standard InChI is InChI=1S/C40H52N6O6/c1-5-30(40(34(48)35(40)49)44-26-17-18-26)42-36(50)29-22-39(21-28(45-52-39)27-16-10-14-25-15-11-19-41-32(25)27)23-46(29)37(51)33(38(2,3)4)43-31(47)20-24-12-8-6-7-9-13-24/h10-11,14-16,19,24,26,29-30,33,44H,5-9,12-13,17-18,20-23H2,1-4H3,(H,42,50)(H,43,47)/t29-,30-,33+,39?/m0/s1. The Morgan fingerprint density at radius 1 is 0.981 bits per heavy atom. The Bertz CT molecular complexity index is 1770. The van der Waals surface area contributed by atoms with Gasteiger partial charge in [-0.15, -0.1) is 0 Å². The normalized spacial score (nSPS) is 25.7. The van der Waals surface area contributed by atoms with Crippen molar-refractivity contribution < 1.29 is 28.8 Å². The fraction of sp³-hybridized carbons (Fsp3) is 0.625. The highest BCUT2D eigenvalue weighted by atomic mass is 16.7. The molecule has 7 rings (SSSR count). The van der Waals surface area contributed by atoms with E-state index in [1.165, 1.54) is 17.7 Å². The van der Waals surface area contributed by atoms with Crippen LogP contribution in [0, 0.1) is 11.3 Å². The molecule has 1 unspecified atom stereocenters. The highest BCUT2D eigenvalue weighted by Crippen LogP contribution is 2.42. The summed E-state index contributed by atoms with van der Waals surface area (Å²) in [6, 6.07) is 7.12. The zero-order valence-corrected chi connectivity index (χ0v) is 30.8. The summed E-state index contributed by atoms with van der Waals surface area (Å²) in [7, 11) is 0. The van der Waals surface area contributed by atoms with Gasteiger partial charge in [0.15, 0.2) is 11.1 Å². The number of likely N-dealkylation sites (tertiary alicyclic amines) is 1. The molecule has 0 radical (unpaired) electrons. The number of carbonyl (C=O) groups is 5. The Labute approximate surface area is 305 Å². The Morgan fingerprint density at radius 3 is 2.35 bits per heavy atom. The zero-order chi connectivity index (χ0) is 36.8. The van der Waals surface area contributed by atoms with Gasteiger partial charge in [-0.1, -0.05) is 82.8 Å². The smallest absolute Gasteiger partial charge is 0.246 e. The first-order chi connectivity index (χ1) is 24.8. The predicted molar refractivity (Wildman–Crippen MR) is 195 cm³/mol. The molecule has 1 aromatic carbocycles. The monoisotopic (exact) mass is 712 g/mol. The minimum absolute atomic E-state index is 0.0642. The Hall–Kier alpha value is -4.19. The number of aromatic nitrogens is 1. The van der Waals surface area contributed by atoms with Crippen LogP contribution in [-0.2, 0) is 28.8 Å². The van der Waals surface area contributed by atoms with Crippen molar-refractivity contribution in [2.45, 2.75) is 140 Å². The van der Waals surface area contributed by atoms with Gasteiger partial charge in [-0.2, -0.15) is 0 Å². The maximum Gasteiger partial charge on any atom is 0.246 e. The van der Waals surface area contributed by atoms with Gasteiger partial charge in [0, 0.05) is 42.5 Å². The number of benzene rings is 1. The molecule has 3 heterocycles. The first-order valence-corrected chi connectivity index (χ1v) is 19.2. The third kappa shape index (κ3) is 6.98. The molecule has 1 spiro atoms. The van der Waals surface area contributed by atoms with Gasteiger partial charge in [-0.05, 0) is 49.5 Å². The van der Waals surface area contributed by atoms with Crippen LogP contribution in [0.2, 0.25) is 0 Å². The molecule has 2 aromatic rings. The first-order valence-electron chi connectivity index (χ1n) is 19.2. The van der Waals surface area contributed by atoms with Crippen molar-refractivity contribution >= 4 is 45.9 Å². The molecule has 278 valence electrons. The lowest BCUT2D eigenvalue weighted by molar-refractivity contribution is -0.144. The van der Waals surface area contributed by atoms with Gasteiger partial charge in [0.1, 0.15) is 12.1 Å². The van der Waals surface area contributed by atoms with Crippen LogP contribution in [0.5, 0.6) is 0 Å². The SMILES string of the molecule is CC[C@H](NC(=O)[C@@H]1CC2(CC(c3cccc4cccnc34)=NO2)CN1C(=O)[C@@H](NC(=O)CC1CCCCCC1)C(C)(C)C)C1(NC2CC2)C(=O)C1=O. The number of rotatable bonds is 11. The van der Waals surface area contributed by atoms with E-state index in [2.05, 4.69) is 26.1 Å². The lowest BCUT2D eigenvalue weighted by Gasteiger charge is -2.36. The lowest BCUT2D eigenvalue weighted by atomic mass is 9.85. The third-order valence-electron chi connectivity index (χ3n) is 11.8. The molecule has 4 atom stereocenters. The van der Waals surface area contributed by atoms with Crippen molar-refractivity contribution in [1.29, 1.82) is 0 Å². The molecule has 12 heteroatoms. The minimum atomic E-state index is -1.43. The number of para-hydroxylation sites is 1. The van der Waals surface area contributed by atoms with Crippen molar-refractivity contribution in [3.05, 3.63) is 42.1 Å². The number of nitrogens with zero attached hydrogens (tertiary/aromatic N) is 3. The largest absolute Gasteiger partial charge is 0.387 e. The molecule has 3 amide bonds. The third-order valence-corrected chi connectivity index (χ3v) is 11.8. The second-order valence-electron chi connectivity index (χ2n) is 16.8. The van der Waals surface area contributed by atoms with Crippen LogP contribution in [0.1, 0.15) is 110 Å². The summed E-state index contributed by atoms with van der Waals surface area (Å²) in [4.78, 5) is 80.7. The highest BCUT2D eigenvalue weighted by Gasteiger charge is 2.71. The highest BCUT2D eigenvalue weighted by molar-refractivity contribution is 6.67. The fourth-order valence-corrected chi connectivity index (χ4v) is 8.61. The van der Waals surface area contributed by atoms with E-state index >= 15 is 0 Å². The van der Waals surface area contributed by atoms with Crippen LogP contribution < -0.4 is 16.0 Å². The summed E-state index contributed by atoms with van der Waals surface area (Å²) in [5.41, 5.74) is -0.825. The van der Waals surface area contributed by atoms with Crippen LogP contribution in [0.25, 0.3) is 10.9 Å². The molecule has 1 saturated heterocycles. The van der Waals surface area contributed by atoms with E-state index in [1.807, 2.05) is 58.0 Å². The first kappa shape index (κ1) is 36.2. The van der Waals surface area contributed by atoms with E-state index in [0.29, 0.717) is 25.0 Å². The van der Waals surface area contributed by atoms with Crippen LogP contribution in [0.4, 0.5) is 0 Å². The van der Waals surface area contributed by atoms with E-state index in [9.17, 15) is 24.0 Å². The quantitative estimate of drug-likeness (QED) is 0.178. The van der Waals surface area contributed by atoms with Gasteiger partial charge in [-0.25, -0.2) is 0 Å². The molecule has 0 bridgehead atoms. The van der Waals surface area contributed by atoms with Gasteiger partial charge in [0.25, 0.3) is 0 Å². The van der Waals surface area contributed by atoms with Crippen molar-refractivity contribution in [3.63, 3.8) is 0 Å². The summed E-state index contributed by atoms with van der Waals surface area (Å²) >= 11 is 0. The number of hydrogen-bond acceptors (Lipinski definition) is 9. The summed E-state index contributed by atoms with van der Waals surface area (Å²) < 4.78 is 0. The average molecular weight is 713 g/mol. The van der Waals surface area contributed by atoms with Crippen molar-refractivity contribution in [2.75, 3.05) is 6.54 Å². The molecule has 2 aliphatic heterocycles. The molecular weight excluding hydrogens is 660 g/mol. The van der Waals surface area contributed by atoms with Crippen molar-refractivity contribution in [3.8, 4) is 0 Å². The maximum atomic E-state index is 14.8. The number of amides is 3. The van der Waals surface area contributed by atoms with Crippen molar-refractivity contribution in [1.82, 2.24) is 25.8 Å². The Balaban J connectivity index is 1.15. The van der Waals surface area contributed by atoms with Gasteiger partial charge in [0.2, 0.25) is 29.3 Å². The number of Topliss-reactive ketones (excluding diaryl/α,β-unsaturated/α-hetero) is 2. The number of nitrogens with one attached hydrogen (secondary N) is 3. The summed E-state index contributed by atoms with van der Waals surface area (Å²) in [5.74, 6) is -1.76. The molecular formula is C40H52N6O6. The molecule has 52 heavy (non-hydrogen) atoms. The minimum Gasteiger partial charge on any atom is -0.387 e.